The van der Waals surface area contributed by atoms with Gasteiger partial charge in [-0.3, -0.25) is 4.79 Å². The number of benzene rings is 2. The number of aromatic nitrogens is 3. The Labute approximate surface area is 150 Å². The first kappa shape index (κ1) is 17.2. The van der Waals surface area contributed by atoms with Crippen molar-refractivity contribution in [1.82, 2.24) is 20.5 Å². The average molecular weight is 359 g/mol. The molecule has 0 aliphatic heterocycles. The average Bonchev–Trinajstić information content (AvgIpc) is 2.97. The minimum atomic E-state index is -0.239. The van der Waals surface area contributed by atoms with Crippen molar-refractivity contribution in [2.45, 2.75) is 26.8 Å². The molecule has 0 aliphatic rings. The number of aryl methyl sites for hydroxylation is 2. The van der Waals surface area contributed by atoms with E-state index in [1.165, 1.54) is 16.0 Å². The molecule has 3 rings (SSSR count). The summed E-state index contributed by atoms with van der Waals surface area (Å²) in [5, 5.41) is 11.3. The fourth-order valence-corrected chi connectivity index (χ4v) is 2.65. The van der Waals surface area contributed by atoms with Crippen molar-refractivity contribution in [3.05, 3.63) is 58.1 Å². The number of nitrogens with one attached hydrogen (secondary N) is 1. The Morgan fingerprint density at radius 3 is 2.80 bits per heavy atom. The van der Waals surface area contributed by atoms with Gasteiger partial charge in [0.15, 0.2) is 6.61 Å². The maximum atomic E-state index is 12.2. The molecule has 0 aliphatic carbocycles. The summed E-state index contributed by atoms with van der Waals surface area (Å²) in [6.07, 6.45) is 0. The Kier molecular flexibility index (Phi) is 4.90. The summed E-state index contributed by atoms with van der Waals surface area (Å²) in [6, 6.07) is 11.2. The molecule has 0 saturated carbocycles. The van der Waals surface area contributed by atoms with Gasteiger partial charge in [0.05, 0.1) is 6.04 Å². The molecule has 3 aromatic rings. The van der Waals surface area contributed by atoms with Crippen LogP contribution in [0.3, 0.4) is 0 Å². The number of halogens is 1. The summed E-state index contributed by atoms with van der Waals surface area (Å²) in [4.78, 5) is 18.8. The van der Waals surface area contributed by atoms with Crippen LogP contribution >= 0.6 is 11.6 Å². The number of fused-ring (bicyclic) bond motifs is 1. The van der Waals surface area contributed by atoms with Gasteiger partial charge in [-0.25, -0.2) is 0 Å². The van der Waals surface area contributed by atoms with Gasteiger partial charge in [-0.05, 0) is 60.9 Å². The summed E-state index contributed by atoms with van der Waals surface area (Å²) in [5.41, 5.74) is 4.73. The van der Waals surface area contributed by atoms with Crippen molar-refractivity contribution in [3.63, 3.8) is 0 Å². The van der Waals surface area contributed by atoms with Crippen LogP contribution in [0.1, 0.15) is 29.7 Å². The molecular formula is C18H19ClN4O2. The van der Waals surface area contributed by atoms with Crippen LogP contribution in [0.2, 0.25) is 5.02 Å². The second kappa shape index (κ2) is 7.11. The largest absolute Gasteiger partial charge is 0.385 e. The third-order valence-electron chi connectivity index (χ3n) is 4.10. The summed E-state index contributed by atoms with van der Waals surface area (Å²) >= 11 is 5.97. The zero-order valence-electron chi connectivity index (χ0n) is 14.3. The SMILES string of the molecule is Cc1ccc(C(C)NC(=O)COn2nnc3ccc(Cl)cc32)cc1C. The Morgan fingerprint density at radius 2 is 2.04 bits per heavy atom. The van der Waals surface area contributed by atoms with E-state index in [0.29, 0.717) is 16.1 Å². The van der Waals surface area contributed by atoms with Crippen LogP contribution in [0, 0.1) is 13.8 Å². The molecule has 1 amide bonds. The van der Waals surface area contributed by atoms with Crippen molar-refractivity contribution in [1.29, 1.82) is 0 Å². The van der Waals surface area contributed by atoms with Crippen molar-refractivity contribution >= 4 is 28.5 Å². The van der Waals surface area contributed by atoms with Crippen molar-refractivity contribution in [2.24, 2.45) is 0 Å². The topological polar surface area (TPSA) is 69.0 Å². The minimum absolute atomic E-state index is 0.114. The summed E-state index contributed by atoms with van der Waals surface area (Å²) in [5.74, 6) is -0.239. The van der Waals surface area contributed by atoms with E-state index in [0.717, 1.165) is 5.56 Å². The fraction of sp³-hybridized carbons (Fsp3) is 0.278. The number of carbonyl (C=O) groups excluding carboxylic acids is 1. The predicted octanol–water partition coefficient (Wildman–Crippen LogP) is 3.01. The minimum Gasteiger partial charge on any atom is -0.385 e. The van der Waals surface area contributed by atoms with Gasteiger partial charge in [0.25, 0.3) is 5.91 Å². The number of amides is 1. The molecule has 1 unspecified atom stereocenters. The number of hydrogen-bond donors (Lipinski definition) is 1. The van der Waals surface area contributed by atoms with Crippen molar-refractivity contribution in [3.8, 4) is 0 Å². The van der Waals surface area contributed by atoms with Crippen LogP contribution < -0.4 is 10.2 Å². The lowest BCUT2D eigenvalue weighted by molar-refractivity contribution is -0.127. The molecule has 0 radical (unpaired) electrons. The Balaban J connectivity index is 1.62. The highest BCUT2D eigenvalue weighted by Gasteiger charge is 2.12. The maximum Gasteiger partial charge on any atom is 0.261 e. The van der Waals surface area contributed by atoms with Crippen molar-refractivity contribution < 1.29 is 9.63 Å². The second-order valence-corrected chi connectivity index (χ2v) is 6.44. The van der Waals surface area contributed by atoms with E-state index in [9.17, 15) is 4.79 Å². The van der Waals surface area contributed by atoms with Gasteiger partial charge >= 0.3 is 0 Å². The molecule has 0 saturated heterocycles. The van der Waals surface area contributed by atoms with Gasteiger partial charge in [-0.1, -0.05) is 34.6 Å². The monoisotopic (exact) mass is 358 g/mol. The summed E-state index contributed by atoms with van der Waals surface area (Å²) in [7, 11) is 0. The van der Waals surface area contributed by atoms with Crippen LogP contribution in [0.4, 0.5) is 0 Å². The van der Waals surface area contributed by atoms with Crippen LogP contribution in [0.15, 0.2) is 36.4 Å². The quantitative estimate of drug-likeness (QED) is 0.761. The van der Waals surface area contributed by atoms with Gasteiger partial charge in [0, 0.05) is 5.02 Å². The van der Waals surface area contributed by atoms with E-state index in [1.807, 2.05) is 13.0 Å². The first-order chi connectivity index (χ1) is 11.9. The fourth-order valence-electron chi connectivity index (χ4n) is 2.49. The molecule has 130 valence electrons. The predicted molar refractivity (Wildman–Crippen MR) is 96.5 cm³/mol. The molecule has 6 nitrogen and oxygen atoms in total. The first-order valence-corrected chi connectivity index (χ1v) is 8.32. The van der Waals surface area contributed by atoms with Crippen LogP contribution in [0.25, 0.3) is 11.0 Å². The van der Waals surface area contributed by atoms with Gasteiger partial charge < -0.3 is 10.2 Å². The van der Waals surface area contributed by atoms with Gasteiger partial charge in [0.1, 0.15) is 11.0 Å². The lowest BCUT2D eigenvalue weighted by atomic mass is 10.0. The Morgan fingerprint density at radius 1 is 1.24 bits per heavy atom. The van der Waals surface area contributed by atoms with E-state index in [1.54, 1.807) is 18.2 Å². The number of carbonyl (C=O) groups is 1. The number of rotatable bonds is 5. The standard InChI is InChI=1S/C18H19ClN4O2/c1-11-4-5-14(8-12(11)2)13(3)20-18(24)10-25-23-17-9-15(19)6-7-16(17)21-22-23/h4-9,13H,10H2,1-3H3,(H,20,24). The molecule has 25 heavy (non-hydrogen) atoms. The molecule has 1 atom stereocenters. The molecule has 0 bridgehead atoms. The lowest BCUT2D eigenvalue weighted by Crippen LogP contribution is -2.33. The molecule has 7 heteroatoms. The molecule has 1 heterocycles. The third kappa shape index (κ3) is 3.91. The van der Waals surface area contributed by atoms with Gasteiger partial charge in [-0.2, -0.15) is 0 Å². The Bertz CT molecular complexity index is 923. The molecule has 1 N–H and O–H groups in total. The molecular weight excluding hydrogens is 340 g/mol. The van der Waals surface area contributed by atoms with E-state index >= 15 is 0 Å². The zero-order chi connectivity index (χ0) is 18.0. The highest BCUT2D eigenvalue weighted by Crippen LogP contribution is 2.17. The summed E-state index contributed by atoms with van der Waals surface area (Å²) < 4.78 is 0. The van der Waals surface area contributed by atoms with E-state index < -0.39 is 0 Å². The van der Waals surface area contributed by atoms with Crippen LogP contribution in [0.5, 0.6) is 0 Å². The van der Waals surface area contributed by atoms with E-state index in [-0.39, 0.29) is 18.6 Å². The van der Waals surface area contributed by atoms with Crippen LogP contribution in [-0.4, -0.2) is 27.7 Å². The Hall–Kier alpha value is -2.60. The first-order valence-electron chi connectivity index (χ1n) is 7.95. The van der Waals surface area contributed by atoms with Gasteiger partial charge in [-0.15, -0.1) is 5.10 Å². The maximum absolute atomic E-state index is 12.2. The lowest BCUT2D eigenvalue weighted by Gasteiger charge is -2.15. The number of hydrogen-bond acceptors (Lipinski definition) is 4. The molecule has 0 spiro atoms. The molecule has 2 aromatic carbocycles. The zero-order valence-corrected chi connectivity index (χ0v) is 15.0. The highest BCUT2D eigenvalue weighted by molar-refractivity contribution is 6.31. The number of nitrogens with zero attached hydrogens (tertiary/aromatic N) is 3. The summed E-state index contributed by atoms with van der Waals surface area (Å²) in [6.45, 7) is 5.88. The van der Waals surface area contributed by atoms with Crippen molar-refractivity contribution in [2.75, 3.05) is 6.61 Å². The highest BCUT2D eigenvalue weighted by atomic mass is 35.5. The molecule has 0 fully saturated rings. The molecule has 1 aromatic heterocycles. The van der Waals surface area contributed by atoms with E-state index in [2.05, 4.69) is 41.6 Å². The smallest absolute Gasteiger partial charge is 0.261 e. The third-order valence-corrected chi connectivity index (χ3v) is 4.34. The normalized spacial score (nSPS) is 12.2. The van der Waals surface area contributed by atoms with E-state index in [4.69, 9.17) is 16.4 Å². The van der Waals surface area contributed by atoms with Gasteiger partial charge in [0.2, 0.25) is 0 Å². The van der Waals surface area contributed by atoms with Crippen LogP contribution in [-0.2, 0) is 4.79 Å². The second-order valence-electron chi connectivity index (χ2n) is 6.00.